The van der Waals surface area contributed by atoms with Gasteiger partial charge >= 0.3 is 0 Å². The Morgan fingerprint density at radius 1 is 1.50 bits per heavy atom. The Morgan fingerprint density at radius 2 is 2.25 bits per heavy atom. The van der Waals surface area contributed by atoms with E-state index in [0.717, 1.165) is 18.4 Å². The van der Waals surface area contributed by atoms with E-state index in [-0.39, 0.29) is 0 Å². The van der Waals surface area contributed by atoms with Gasteiger partial charge in [0.2, 0.25) is 0 Å². The van der Waals surface area contributed by atoms with Crippen molar-refractivity contribution in [3.8, 4) is 0 Å². The summed E-state index contributed by atoms with van der Waals surface area (Å²) < 4.78 is 14.4. The van der Waals surface area contributed by atoms with Crippen LogP contribution in [-0.2, 0) is 6.42 Å². The van der Waals surface area contributed by atoms with Gasteiger partial charge in [-0.25, -0.2) is 4.39 Å². The van der Waals surface area contributed by atoms with Crippen LogP contribution in [0.5, 0.6) is 0 Å². The summed E-state index contributed by atoms with van der Waals surface area (Å²) in [6.07, 6.45) is 1.69. The van der Waals surface area contributed by atoms with Crippen molar-refractivity contribution < 1.29 is 9.18 Å². The second kappa shape index (κ2) is 4.34. The Hall–Kier alpha value is -1.22. The molecule has 2 rings (SSSR count). The molecule has 1 unspecified atom stereocenters. The SMILES string of the molecule is CN1CCC(F)(Cc2ccccc2C=O)C1. The van der Waals surface area contributed by atoms with Gasteiger partial charge in [-0.15, -0.1) is 0 Å². The average molecular weight is 221 g/mol. The van der Waals surface area contributed by atoms with Crippen LogP contribution in [0.3, 0.4) is 0 Å². The molecule has 1 heterocycles. The maximum Gasteiger partial charge on any atom is 0.150 e. The molecular weight excluding hydrogens is 205 g/mol. The molecule has 1 aromatic carbocycles. The molecule has 0 aliphatic carbocycles. The Balaban J connectivity index is 2.17. The third-order valence-electron chi connectivity index (χ3n) is 3.18. The Morgan fingerprint density at radius 3 is 2.88 bits per heavy atom. The number of halogens is 1. The van der Waals surface area contributed by atoms with E-state index in [1.807, 2.05) is 24.1 Å². The summed E-state index contributed by atoms with van der Waals surface area (Å²) in [5.74, 6) is 0. The van der Waals surface area contributed by atoms with Gasteiger partial charge in [-0.05, 0) is 19.0 Å². The van der Waals surface area contributed by atoms with Crippen LogP contribution >= 0.6 is 0 Å². The summed E-state index contributed by atoms with van der Waals surface area (Å²) in [4.78, 5) is 12.8. The number of carbonyl (C=O) groups is 1. The molecule has 1 atom stereocenters. The summed E-state index contributed by atoms with van der Waals surface area (Å²) in [6.45, 7) is 1.25. The van der Waals surface area contributed by atoms with Crippen LogP contribution in [0.2, 0.25) is 0 Å². The number of aldehydes is 1. The highest BCUT2D eigenvalue weighted by molar-refractivity contribution is 5.77. The summed E-state index contributed by atoms with van der Waals surface area (Å²) in [6, 6.07) is 7.23. The third kappa shape index (κ3) is 2.30. The molecule has 16 heavy (non-hydrogen) atoms. The Bertz CT molecular complexity index is 393. The fourth-order valence-electron chi connectivity index (χ4n) is 2.33. The van der Waals surface area contributed by atoms with Crippen molar-refractivity contribution in [2.75, 3.05) is 20.1 Å². The van der Waals surface area contributed by atoms with Gasteiger partial charge in [-0.3, -0.25) is 4.79 Å². The number of nitrogens with zero attached hydrogens (tertiary/aromatic N) is 1. The lowest BCUT2D eigenvalue weighted by Crippen LogP contribution is -2.29. The van der Waals surface area contributed by atoms with Gasteiger partial charge in [0, 0.05) is 25.1 Å². The highest BCUT2D eigenvalue weighted by Crippen LogP contribution is 2.29. The van der Waals surface area contributed by atoms with E-state index in [1.54, 1.807) is 12.1 Å². The molecule has 3 heteroatoms. The molecule has 0 amide bonds. The Labute approximate surface area is 95.1 Å². The number of hydrogen-bond donors (Lipinski definition) is 0. The first-order chi connectivity index (χ1) is 7.63. The molecule has 0 radical (unpaired) electrons. The molecule has 86 valence electrons. The van der Waals surface area contributed by atoms with Crippen molar-refractivity contribution in [2.24, 2.45) is 0 Å². The minimum atomic E-state index is -1.17. The molecule has 1 aliphatic rings. The van der Waals surface area contributed by atoms with E-state index in [1.165, 1.54) is 0 Å². The minimum Gasteiger partial charge on any atom is -0.303 e. The fraction of sp³-hybridized carbons (Fsp3) is 0.462. The zero-order valence-electron chi connectivity index (χ0n) is 9.45. The van der Waals surface area contributed by atoms with Gasteiger partial charge in [-0.1, -0.05) is 24.3 Å². The van der Waals surface area contributed by atoms with Gasteiger partial charge in [0.15, 0.2) is 0 Å². The summed E-state index contributed by atoms with van der Waals surface area (Å²) in [5.41, 5.74) is 0.248. The molecule has 1 fully saturated rings. The lowest BCUT2D eigenvalue weighted by molar-refractivity contribution is 0.112. The van der Waals surface area contributed by atoms with Crippen LogP contribution in [-0.4, -0.2) is 37.0 Å². The van der Waals surface area contributed by atoms with Crippen molar-refractivity contribution in [1.82, 2.24) is 4.90 Å². The van der Waals surface area contributed by atoms with Gasteiger partial charge in [0.25, 0.3) is 0 Å². The van der Waals surface area contributed by atoms with Crippen molar-refractivity contribution in [3.63, 3.8) is 0 Å². The average Bonchev–Trinajstić information content (AvgIpc) is 2.59. The first-order valence-corrected chi connectivity index (χ1v) is 5.53. The predicted octanol–water partition coefficient (Wildman–Crippen LogP) is 2.09. The summed E-state index contributed by atoms with van der Waals surface area (Å²) in [7, 11) is 1.92. The van der Waals surface area contributed by atoms with E-state index in [0.29, 0.717) is 24.9 Å². The first-order valence-electron chi connectivity index (χ1n) is 5.53. The zero-order valence-corrected chi connectivity index (χ0v) is 9.45. The summed E-state index contributed by atoms with van der Waals surface area (Å²) in [5, 5.41) is 0. The van der Waals surface area contributed by atoms with Crippen LogP contribution < -0.4 is 0 Å². The van der Waals surface area contributed by atoms with Gasteiger partial charge < -0.3 is 4.90 Å². The van der Waals surface area contributed by atoms with E-state index < -0.39 is 5.67 Å². The van der Waals surface area contributed by atoms with Gasteiger partial charge in [0.05, 0.1) is 0 Å². The molecule has 0 spiro atoms. The van der Waals surface area contributed by atoms with Crippen molar-refractivity contribution >= 4 is 6.29 Å². The number of alkyl halides is 1. The predicted molar refractivity (Wildman–Crippen MR) is 61.5 cm³/mol. The normalized spacial score (nSPS) is 25.9. The molecule has 1 aromatic rings. The Kier molecular flexibility index (Phi) is 3.06. The van der Waals surface area contributed by atoms with Gasteiger partial charge in [0.1, 0.15) is 12.0 Å². The fourth-order valence-corrected chi connectivity index (χ4v) is 2.33. The van der Waals surface area contributed by atoms with Crippen molar-refractivity contribution in [3.05, 3.63) is 35.4 Å². The van der Waals surface area contributed by atoms with Gasteiger partial charge in [-0.2, -0.15) is 0 Å². The number of hydrogen-bond acceptors (Lipinski definition) is 2. The minimum absolute atomic E-state index is 0.340. The quantitative estimate of drug-likeness (QED) is 0.728. The highest BCUT2D eigenvalue weighted by Gasteiger charge is 2.37. The second-order valence-electron chi connectivity index (χ2n) is 4.63. The third-order valence-corrected chi connectivity index (χ3v) is 3.18. The topological polar surface area (TPSA) is 20.3 Å². The molecule has 1 saturated heterocycles. The number of benzene rings is 1. The maximum absolute atomic E-state index is 14.4. The van der Waals surface area contributed by atoms with Crippen molar-refractivity contribution in [2.45, 2.75) is 18.5 Å². The second-order valence-corrected chi connectivity index (χ2v) is 4.63. The zero-order chi connectivity index (χ0) is 11.6. The van der Waals surface area contributed by atoms with E-state index >= 15 is 0 Å². The largest absolute Gasteiger partial charge is 0.303 e. The van der Waals surface area contributed by atoms with Crippen LogP contribution in [0, 0.1) is 0 Å². The standard InChI is InChI=1S/C13H16FNO/c1-15-7-6-13(14,10-15)8-11-4-2-3-5-12(11)9-16/h2-5,9H,6-8,10H2,1H3. The smallest absolute Gasteiger partial charge is 0.150 e. The van der Waals surface area contributed by atoms with Crippen LogP contribution in [0.15, 0.2) is 24.3 Å². The lowest BCUT2D eigenvalue weighted by Gasteiger charge is -2.20. The van der Waals surface area contributed by atoms with Crippen LogP contribution in [0.25, 0.3) is 0 Å². The molecule has 0 aromatic heterocycles. The van der Waals surface area contributed by atoms with Crippen LogP contribution in [0.4, 0.5) is 4.39 Å². The number of rotatable bonds is 3. The monoisotopic (exact) mass is 221 g/mol. The number of likely N-dealkylation sites (tertiary alicyclic amines) is 1. The molecule has 2 nitrogen and oxygen atoms in total. The van der Waals surface area contributed by atoms with Crippen molar-refractivity contribution in [1.29, 1.82) is 0 Å². The molecular formula is C13H16FNO. The molecule has 0 bridgehead atoms. The number of carbonyl (C=O) groups excluding carboxylic acids is 1. The first kappa shape index (κ1) is 11.3. The summed E-state index contributed by atoms with van der Waals surface area (Å²) >= 11 is 0. The van der Waals surface area contributed by atoms with Crippen LogP contribution in [0.1, 0.15) is 22.3 Å². The maximum atomic E-state index is 14.4. The molecule has 0 N–H and O–H groups in total. The molecule has 0 saturated carbocycles. The molecule has 1 aliphatic heterocycles. The van der Waals surface area contributed by atoms with E-state index in [9.17, 15) is 9.18 Å². The van der Waals surface area contributed by atoms with E-state index in [4.69, 9.17) is 0 Å². The van der Waals surface area contributed by atoms with E-state index in [2.05, 4.69) is 0 Å². The lowest BCUT2D eigenvalue weighted by atomic mass is 9.93. The highest BCUT2D eigenvalue weighted by atomic mass is 19.1.